The van der Waals surface area contributed by atoms with Gasteiger partial charge in [0.2, 0.25) is 0 Å². The van der Waals surface area contributed by atoms with Crippen molar-refractivity contribution in [2.24, 2.45) is 0 Å². The molecule has 0 radical (unpaired) electrons. The first kappa shape index (κ1) is 11.8. The fourth-order valence-electron chi connectivity index (χ4n) is 1.14. The van der Waals surface area contributed by atoms with Crippen LogP contribution in [0.4, 0.5) is 0 Å². The van der Waals surface area contributed by atoms with Crippen molar-refractivity contribution in [2.75, 3.05) is 33.4 Å². The molecule has 0 amide bonds. The highest BCUT2D eigenvalue weighted by Gasteiger charge is 1.95. The maximum Gasteiger partial charge on any atom is 0.123 e. The van der Waals surface area contributed by atoms with Crippen LogP contribution < -0.4 is 14.8 Å². The Labute approximate surface area is 89.8 Å². The van der Waals surface area contributed by atoms with Crippen molar-refractivity contribution in [1.82, 2.24) is 5.32 Å². The molecule has 0 saturated carbocycles. The van der Waals surface area contributed by atoms with Gasteiger partial charge in [0.25, 0.3) is 0 Å². The molecule has 84 valence electrons. The summed E-state index contributed by atoms with van der Waals surface area (Å²) in [4.78, 5) is 0. The van der Waals surface area contributed by atoms with E-state index in [1.807, 2.05) is 24.3 Å². The Bertz CT molecular complexity index is 278. The number of benzene rings is 1. The number of methoxy groups -OCH3 is 1. The third kappa shape index (κ3) is 4.67. The van der Waals surface area contributed by atoms with Crippen molar-refractivity contribution in [1.29, 1.82) is 0 Å². The lowest BCUT2D eigenvalue weighted by Crippen LogP contribution is -2.23. The quantitative estimate of drug-likeness (QED) is 0.650. The van der Waals surface area contributed by atoms with E-state index >= 15 is 0 Å². The zero-order valence-corrected chi connectivity index (χ0v) is 8.90. The number of nitrogens with one attached hydrogen (secondary N) is 1. The van der Waals surface area contributed by atoms with E-state index in [0.29, 0.717) is 13.2 Å². The normalized spacial score (nSPS) is 10.0. The SMILES string of the molecule is COc1cccc(OCCNCCO)c1. The maximum absolute atomic E-state index is 8.53. The lowest BCUT2D eigenvalue weighted by Gasteiger charge is -2.07. The van der Waals surface area contributed by atoms with Crippen LogP contribution in [0.3, 0.4) is 0 Å². The van der Waals surface area contributed by atoms with Gasteiger partial charge in [-0.25, -0.2) is 0 Å². The average Bonchev–Trinajstić information content (AvgIpc) is 2.29. The van der Waals surface area contributed by atoms with Crippen molar-refractivity contribution in [2.45, 2.75) is 0 Å². The van der Waals surface area contributed by atoms with Gasteiger partial charge in [0.1, 0.15) is 18.1 Å². The molecule has 4 heteroatoms. The topological polar surface area (TPSA) is 50.7 Å². The number of hydrogen-bond acceptors (Lipinski definition) is 4. The molecule has 0 fully saturated rings. The van der Waals surface area contributed by atoms with Crippen LogP contribution >= 0.6 is 0 Å². The first-order chi connectivity index (χ1) is 7.36. The number of aliphatic hydroxyl groups is 1. The summed E-state index contributed by atoms with van der Waals surface area (Å²) in [5, 5.41) is 11.6. The second-order valence-electron chi connectivity index (χ2n) is 3.00. The van der Waals surface area contributed by atoms with Gasteiger partial charge < -0.3 is 19.9 Å². The summed E-state index contributed by atoms with van der Waals surface area (Å²) in [5.41, 5.74) is 0. The van der Waals surface area contributed by atoms with Gasteiger partial charge >= 0.3 is 0 Å². The van der Waals surface area contributed by atoms with Gasteiger partial charge in [0.15, 0.2) is 0 Å². The molecule has 2 N–H and O–H groups in total. The van der Waals surface area contributed by atoms with Crippen molar-refractivity contribution in [3.63, 3.8) is 0 Å². The Balaban J connectivity index is 2.24. The summed E-state index contributed by atoms with van der Waals surface area (Å²) in [6, 6.07) is 7.48. The number of hydrogen-bond donors (Lipinski definition) is 2. The lowest BCUT2D eigenvalue weighted by atomic mass is 10.3. The van der Waals surface area contributed by atoms with Gasteiger partial charge in [-0.2, -0.15) is 0 Å². The number of rotatable bonds is 7. The fourth-order valence-corrected chi connectivity index (χ4v) is 1.14. The highest BCUT2D eigenvalue weighted by molar-refractivity contribution is 5.32. The van der Waals surface area contributed by atoms with Crippen molar-refractivity contribution in [3.8, 4) is 11.5 Å². The van der Waals surface area contributed by atoms with Gasteiger partial charge in [-0.05, 0) is 12.1 Å². The molecule has 0 aliphatic rings. The van der Waals surface area contributed by atoms with Crippen LogP contribution in [-0.4, -0.2) is 38.5 Å². The molecule has 0 aliphatic carbocycles. The first-order valence-corrected chi connectivity index (χ1v) is 4.95. The summed E-state index contributed by atoms with van der Waals surface area (Å²) >= 11 is 0. The Hall–Kier alpha value is -1.26. The molecule has 0 saturated heterocycles. The zero-order valence-electron chi connectivity index (χ0n) is 8.90. The molecule has 4 nitrogen and oxygen atoms in total. The van der Waals surface area contributed by atoms with E-state index in [9.17, 15) is 0 Å². The Kier molecular flexibility index (Phi) is 5.58. The smallest absolute Gasteiger partial charge is 0.123 e. The van der Waals surface area contributed by atoms with E-state index in [1.165, 1.54) is 0 Å². The molecule has 0 atom stereocenters. The molecule has 0 bridgehead atoms. The van der Waals surface area contributed by atoms with E-state index in [1.54, 1.807) is 7.11 Å². The Morgan fingerprint density at radius 1 is 1.27 bits per heavy atom. The van der Waals surface area contributed by atoms with Crippen LogP contribution in [0.2, 0.25) is 0 Å². The molecular formula is C11H17NO3. The minimum Gasteiger partial charge on any atom is -0.497 e. The number of aliphatic hydroxyl groups excluding tert-OH is 1. The molecule has 1 aromatic rings. The molecule has 0 aliphatic heterocycles. The van der Waals surface area contributed by atoms with Crippen LogP contribution in [0.25, 0.3) is 0 Å². The van der Waals surface area contributed by atoms with E-state index in [2.05, 4.69) is 5.32 Å². The van der Waals surface area contributed by atoms with Crippen LogP contribution in [0.15, 0.2) is 24.3 Å². The summed E-state index contributed by atoms with van der Waals surface area (Å²) in [6.45, 7) is 2.05. The molecule has 1 aromatic carbocycles. The van der Waals surface area contributed by atoms with Gasteiger partial charge in [-0.15, -0.1) is 0 Å². The predicted octanol–water partition coefficient (Wildman–Crippen LogP) is 0.656. The molecular weight excluding hydrogens is 194 g/mol. The maximum atomic E-state index is 8.53. The predicted molar refractivity (Wildman–Crippen MR) is 58.4 cm³/mol. The van der Waals surface area contributed by atoms with Crippen LogP contribution in [-0.2, 0) is 0 Å². The van der Waals surface area contributed by atoms with Crippen LogP contribution in [0.1, 0.15) is 0 Å². The Morgan fingerprint density at radius 3 is 2.80 bits per heavy atom. The van der Waals surface area contributed by atoms with Gasteiger partial charge in [-0.3, -0.25) is 0 Å². The van der Waals surface area contributed by atoms with Gasteiger partial charge in [0.05, 0.1) is 13.7 Å². The van der Waals surface area contributed by atoms with E-state index in [0.717, 1.165) is 18.0 Å². The molecule has 0 unspecified atom stereocenters. The average molecular weight is 211 g/mol. The molecule has 15 heavy (non-hydrogen) atoms. The Morgan fingerprint density at radius 2 is 2.07 bits per heavy atom. The summed E-state index contributed by atoms with van der Waals surface area (Å²) in [6.07, 6.45) is 0. The van der Waals surface area contributed by atoms with E-state index in [-0.39, 0.29) is 6.61 Å². The lowest BCUT2D eigenvalue weighted by molar-refractivity contribution is 0.275. The van der Waals surface area contributed by atoms with E-state index < -0.39 is 0 Å². The molecule has 1 rings (SSSR count). The largest absolute Gasteiger partial charge is 0.497 e. The molecule has 0 aromatic heterocycles. The second-order valence-corrected chi connectivity index (χ2v) is 3.00. The number of ether oxygens (including phenoxy) is 2. The summed E-state index contributed by atoms with van der Waals surface area (Å²) in [7, 11) is 1.63. The third-order valence-corrected chi connectivity index (χ3v) is 1.88. The van der Waals surface area contributed by atoms with Crippen LogP contribution in [0, 0.1) is 0 Å². The van der Waals surface area contributed by atoms with Crippen molar-refractivity contribution in [3.05, 3.63) is 24.3 Å². The second kappa shape index (κ2) is 7.09. The van der Waals surface area contributed by atoms with Crippen molar-refractivity contribution < 1.29 is 14.6 Å². The van der Waals surface area contributed by atoms with Gasteiger partial charge in [0, 0.05) is 19.2 Å². The zero-order chi connectivity index (χ0) is 10.9. The highest BCUT2D eigenvalue weighted by atomic mass is 16.5. The first-order valence-electron chi connectivity index (χ1n) is 4.95. The van der Waals surface area contributed by atoms with Gasteiger partial charge in [-0.1, -0.05) is 6.07 Å². The third-order valence-electron chi connectivity index (χ3n) is 1.88. The summed E-state index contributed by atoms with van der Waals surface area (Å²) < 4.78 is 10.5. The van der Waals surface area contributed by atoms with Crippen LogP contribution in [0.5, 0.6) is 11.5 Å². The van der Waals surface area contributed by atoms with E-state index in [4.69, 9.17) is 14.6 Å². The standard InChI is InChI=1S/C11H17NO3/c1-14-10-3-2-4-11(9-10)15-8-6-12-5-7-13/h2-4,9,12-13H,5-8H2,1H3. The van der Waals surface area contributed by atoms with Crippen molar-refractivity contribution >= 4 is 0 Å². The monoisotopic (exact) mass is 211 g/mol. The summed E-state index contributed by atoms with van der Waals surface area (Å²) in [5.74, 6) is 1.58. The minimum atomic E-state index is 0.152. The highest BCUT2D eigenvalue weighted by Crippen LogP contribution is 2.18. The fraction of sp³-hybridized carbons (Fsp3) is 0.455. The molecule has 0 heterocycles. The molecule has 0 spiro atoms. The minimum absolute atomic E-state index is 0.152.